The van der Waals surface area contributed by atoms with E-state index in [0.717, 1.165) is 12.3 Å². The number of halogens is 2. The molecule has 2 heteroatoms. The minimum absolute atomic E-state index is 0.266. The molecule has 0 aromatic carbocycles. The second kappa shape index (κ2) is 8.84. The summed E-state index contributed by atoms with van der Waals surface area (Å²) in [6, 6.07) is 0. The van der Waals surface area contributed by atoms with Gasteiger partial charge in [0.25, 0.3) is 0 Å². The monoisotopic (exact) mass is 384 g/mol. The molecular formula is C16H30ClI. The molecule has 0 nitrogen and oxygen atoms in total. The molecular weight excluding hydrogens is 355 g/mol. The highest BCUT2D eigenvalue weighted by atomic mass is 127. The van der Waals surface area contributed by atoms with E-state index in [1.165, 1.54) is 12.8 Å². The molecule has 0 aliphatic carbocycles. The van der Waals surface area contributed by atoms with Crippen LogP contribution in [0.5, 0.6) is 0 Å². The molecule has 0 saturated carbocycles. The lowest BCUT2D eigenvalue weighted by Crippen LogP contribution is -2.30. The van der Waals surface area contributed by atoms with Gasteiger partial charge in [-0.2, -0.15) is 0 Å². The first-order valence-corrected chi connectivity index (χ1v) is 8.84. The van der Waals surface area contributed by atoms with Gasteiger partial charge in [-0.05, 0) is 37.5 Å². The zero-order chi connectivity index (χ0) is 14.3. The van der Waals surface area contributed by atoms with Crippen molar-refractivity contribution in [2.75, 3.05) is 5.88 Å². The van der Waals surface area contributed by atoms with E-state index in [1.807, 2.05) is 0 Å². The van der Waals surface area contributed by atoms with Gasteiger partial charge in [0.2, 0.25) is 0 Å². The van der Waals surface area contributed by atoms with Crippen molar-refractivity contribution in [3.05, 3.63) is 11.6 Å². The molecule has 0 N–H and O–H groups in total. The number of hydrogen-bond donors (Lipinski definition) is 0. The minimum atomic E-state index is 0.266. The molecule has 18 heavy (non-hydrogen) atoms. The molecule has 0 bridgehead atoms. The van der Waals surface area contributed by atoms with Crippen LogP contribution < -0.4 is 0 Å². The molecule has 0 aromatic rings. The number of alkyl halides is 2. The van der Waals surface area contributed by atoms with Crippen molar-refractivity contribution in [1.82, 2.24) is 0 Å². The average molecular weight is 385 g/mol. The van der Waals surface area contributed by atoms with E-state index in [-0.39, 0.29) is 3.42 Å². The maximum Gasteiger partial charge on any atom is 0.0268 e. The van der Waals surface area contributed by atoms with Crippen LogP contribution in [0, 0.1) is 17.8 Å². The van der Waals surface area contributed by atoms with Crippen LogP contribution in [0.15, 0.2) is 11.6 Å². The van der Waals surface area contributed by atoms with Gasteiger partial charge in [-0.3, -0.25) is 0 Å². The third kappa shape index (κ3) is 5.81. The average Bonchev–Trinajstić information content (AvgIpc) is 2.28. The van der Waals surface area contributed by atoms with Gasteiger partial charge in [-0.15, -0.1) is 11.6 Å². The number of unbranched alkanes of at least 4 members (excludes halogenated alkanes) is 1. The van der Waals surface area contributed by atoms with Crippen molar-refractivity contribution in [3.63, 3.8) is 0 Å². The second-order valence-electron chi connectivity index (χ2n) is 5.96. The molecule has 2 unspecified atom stereocenters. The molecule has 0 heterocycles. The van der Waals surface area contributed by atoms with Gasteiger partial charge in [-0.1, -0.05) is 75.3 Å². The van der Waals surface area contributed by atoms with Crippen LogP contribution in [-0.4, -0.2) is 9.30 Å². The van der Waals surface area contributed by atoms with Crippen LogP contribution in [-0.2, 0) is 0 Å². The Hall–Kier alpha value is 0.760. The van der Waals surface area contributed by atoms with Crippen LogP contribution in [0.25, 0.3) is 0 Å². The number of rotatable bonds is 8. The van der Waals surface area contributed by atoms with E-state index in [1.54, 1.807) is 5.57 Å². The van der Waals surface area contributed by atoms with E-state index in [2.05, 4.69) is 70.2 Å². The highest BCUT2D eigenvalue weighted by Gasteiger charge is 2.32. The molecule has 0 saturated heterocycles. The fraction of sp³-hybridized carbons (Fsp3) is 0.875. The van der Waals surface area contributed by atoms with Crippen molar-refractivity contribution in [2.24, 2.45) is 17.8 Å². The van der Waals surface area contributed by atoms with Gasteiger partial charge < -0.3 is 0 Å². The Balaban J connectivity index is 5.07. The Labute approximate surface area is 133 Å². The van der Waals surface area contributed by atoms with Gasteiger partial charge in [0.15, 0.2) is 0 Å². The van der Waals surface area contributed by atoms with Crippen LogP contribution in [0.2, 0.25) is 0 Å². The quantitative estimate of drug-likeness (QED) is 0.256. The van der Waals surface area contributed by atoms with Crippen LogP contribution >= 0.6 is 34.2 Å². The molecule has 3 atom stereocenters. The predicted molar refractivity (Wildman–Crippen MR) is 93.9 cm³/mol. The van der Waals surface area contributed by atoms with Gasteiger partial charge in [0, 0.05) is 9.30 Å². The minimum Gasteiger partial charge on any atom is -0.127 e. The topological polar surface area (TPSA) is 0 Å². The standard InChI is InChI=1S/C16H30ClI/c1-7-8-9-15(13(4)12(2)3)14(5)16(6,18)10-11-17/h9,12-14H,7-8,10-11H2,1-6H3/b15-9+/t13?,14?,16-/m1/s1. The summed E-state index contributed by atoms with van der Waals surface area (Å²) in [5.74, 6) is 2.72. The third-order valence-electron chi connectivity index (χ3n) is 4.18. The van der Waals surface area contributed by atoms with E-state index in [0.29, 0.717) is 17.8 Å². The van der Waals surface area contributed by atoms with Crippen molar-refractivity contribution in [1.29, 1.82) is 0 Å². The van der Waals surface area contributed by atoms with Crippen molar-refractivity contribution < 1.29 is 0 Å². The zero-order valence-electron chi connectivity index (χ0n) is 12.9. The second-order valence-corrected chi connectivity index (χ2v) is 8.81. The predicted octanol–water partition coefficient (Wildman–Crippen LogP) is 6.46. The summed E-state index contributed by atoms with van der Waals surface area (Å²) in [6.07, 6.45) is 5.99. The Bertz CT molecular complexity index is 256. The molecule has 0 aromatic heterocycles. The third-order valence-corrected chi connectivity index (χ3v) is 5.84. The summed E-state index contributed by atoms with van der Waals surface area (Å²) in [6.45, 7) is 14.0. The van der Waals surface area contributed by atoms with Crippen molar-refractivity contribution >= 4 is 34.2 Å². The molecule has 0 fully saturated rings. The summed E-state index contributed by atoms with van der Waals surface area (Å²) in [4.78, 5) is 0. The molecule has 0 rings (SSSR count). The van der Waals surface area contributed by atoms with E-state index < -0.39 is 0 Å². The molecule has 0 spiro atoms. The molecule has 0 radical (unpaired) electrons. The number of allylic oxidation sites excluding steroid dienone is 2. The first-order valence-electron chi connectivity index (χ1n) is 7.22. The van der Waals surface area contributed by atoms with Crippen molar-refractivity contribution in [2.45, 2.75) is 64.2 Å². The van der Waals surface area contributed by atoms with Crippen LogP contribution in [0.4, 0.5) is 0 Å². The first-order chi connectivity index (χ1) is 8.27. The van der Waals surface area contributed by atoms with Crippen molar-refractivity contribution in [3.8, 4) is 0 Å². The van der Waals surface area contributed by atoms with E-state index >= 15 is 0 Å². The number of hydrogen-bond acceptors (Lipinski definition) is 0. The molecule has 0 aliphatic rings. The summed E-state index contributed by atoms with van der Waals surface area (Å²) >= 11 is 8.56. The SMILES string of the molecule is CCC/C=C(\C(C)C(C)C)C(C)[C@](C)(I)CCCl. The van der Waals surface area contributed by atoms with E-state index in [4.69, 9.17) is 11.6 Å². The fourth-order valence-electron chi connectivity index (χ4n) is 2.20. The Morgan fingerprint density at radius 1 is 1.28 bits per heavy atom. The lowest BCUT2D eigenvalue weighted by Gasteiger charge is -2.35. The zero-order valence-corrected chi connectivity index (χ0v) is 15.8. The summed E-state index contributed by atoms with van der Waals surface area (Å²) in [5.41, 5.74) is 1.63. The van der Waals surface area contributed by atoms with E-state index in [9.17, 15) is 0 Å². The lowest BCUT2D eigenvalue weighted by molar-refractivity contribution is 0.394. The Morgan fingerprint density at radius 2 is 1.83 bits per heavy atom. The summed E-state index contributed by atoms with van der Waals surface area (Å²) < 4.78 is 0.266. The Morgan fingerprint density at radius 3 is 2.22 bits per heavy atom. The maximum absolute atomic E-state index is 5.96. The van der Waals surface area contributed by atoms with Gasteiger partial charge >= 0.3 is 0 Å². The van der Waals surface area contributed by atoms with Crippen LogP contribution in [0.1, 0.15) is 60.8 Å². The largest absolute Gasteiger partial charge is 0.127 e. The molecule has 108 valence electrons. The summed E-state index contributed by atoms with van der Waals surface area (Å²) in [5, 5.41) is 0. The Kier molecular flexibility index (Phi) is 9.21. The maximum atomic E-state index is 5.96. The van der Waals surface area contributed by atoms with Gasteiger partial charge in [0.05, 0.1) is 0 Å². The lowest BCUT2D eigenvalue weighted by atomic mass is 9.77. The normalized spacial score (nSPS) is 19.7. The highest BCUT2D eigenvalue weighted by molar-refractivity contribution is 14.1. The molecule has 0 amide bonds. The highest BCUT2D eigenvalue weighted by Crippen LogP contribution is 2.40. The molecule has 0 aliphatic heterocycles. The van der Waals surface area contributed by atoms with Gasteiger partial charge in [-0.25, -0.2) is 0 Å². The first kappa shape index (κ1) is 18.8. The fourth-order valence-corrected chi connectivity index (χ4v) is 3.54. The van der Waals surface area contributed by atoms with Gasteiger partial charge in [0.1, 0.15) is 0 Å². The smallest absolute Gasteiger partial charge is 0.0268 e. The van der Waals surface area contributed by atoms with Crippen LogP contribution in [0.3, 0.4) is 0 Å². The summed E-state index contributed by atoms with van der Waals surface area (Å²) in [7, 11) is 0.